The van der Waals surface area contributed by atoms with Gasteiger partial charge in [0.05, 0.1) is 11.6 Å². The number of benzene rings is 1. The minimum Gasteiger partial charge on any atom is -0.291 e. The normalized spacial score (nSPS) is 12.6. The van der Waals surface area contributed by atoms with Crippen molar-refractivity contribution >= 4 is 23.5 Å². The van der Waals surface area contributed by atoms with Gasteiger partial charge >= 0.3 is 0 Å². The van der Waals surface area contributed by atoms with E-state index in [1.54, 1.807) is 0 Å². The number of rotatable bonds is 7. The summed E-state index contributed by atoms with van der Waals surface area (Å²) in [7, 11) is 0. The topological polar surface area (TPSA) is 77.6 Å². The molecule has 0 aliphatic heterocycles. The quantitative estimate of drug-likeness (QED) is 0.542. The van der Waals surface area contributed by atoms with Crippen molar-refractivity contribution in [3.8, 4) is 0 Å². The van der Waals surface area contributed by atoms with Gasteiger partial charge in [-0.15, -0.1) is 5.10 Å². The Morgan fingerprint density at radius 2 is 1.87 bits per heavy atom. The molecule has 1 aromatic carbocycles. The third-order valence-electron chi connectivity index (χ3n) is 4.44. The first-order valence-corrected chi connectivity index (χ1v) is 9.15. The van der Waals surface area contributed by atoms with Gasteiger partial charge in [0.2, 0.25) is 5.95 Å². The number of anilines is 1. The van der Waals surface area contributed by atoms with Crippen molar-refractivity contribution < 1.29 is 22.4 Å². The molecule has 1 unspecified atom stereocenters. The van der Waals surface area contributed by atoms with Crippen LogP contribution in [-0.4, -0.2) is 30.5 Å². The highest BCUT2D eigenvalue weighted by molar-refractivity contribution is 6.32. The summed E-state index contributed by atoms with van der Waals surface area (Å²) in [5.41, 5.74) is 0.0953. The van der Waals surface area contributed by atoms with Gasteiger partial charge in [0.15, 0.2) is 0 Å². The van der Waals surface area contributed by atoms with Crippen LogP contribution in [0.4, 0.5) is 23.5 Å². The predicted molar refractivity (Wildman–Crippen MR) is 101 cm³/mol. The smallest absolute Gasteiger partial charge is 0.283 e. The lowest BCUT2D eigenvalue weighted by atomic mass is 10.1. The van der Waals surface area contributed by atoms with Crippen molar-refractivity contribution in [2.45, 2.75) is 39.3 Å². The maximum Gasteiger partial charge on any atom is 0.283 e. The molecule has 7 nitrogen and oxygen atoms in total. The van der Waals surface area contributed by atoms with Gasteiger partial charge in [-0.25, -0.2) is 31.9 Å². The molecule has 0 bridgehead atoms. The molecule has 3 aromatic rings. The molecule has 0 radical (unpaired) electrons. The molecule has 1 N–H and O–H groups in total. The predicted octanol–water partition coefficient (Wildman–Crippen LogP) is 4.56. The van der Waals surface area contributed by atoms with Crippen molar-refractivity contribution in [1.82, 2.24) is 24.5 Å². The van der Waals surface area contributed by atoms with Crippen LogP contribution in [0.25, 0.3) is 0 Å². The molecule has 0 saturated heterocycles. The first-order valence-electron chi connectivity index (χ1n) is 8.78. The molecular weight excluding hydrogens is 428 g/mol. The average Bonchev–Trinajstić information content (AvgIpc) is 3.26. The highest BCUT2D eigenvalue weighted by atomic mass is 35.5. The van der Waals surface area contributed by atoms with Crippen LogP contribution >= 0.6 is 11.6 Å². The molecule has 3 rings (SSSR count). The van der Waals surface area contributed by atoms with Crippen LogP contribution in [0.15, 0.2) is 30.6 Å². The average molecular weight is 445 g/mol. The molecule has 0 saturated carbocycles. The van der Waals surface area contributed by atoms with Gasteiger partial charge in [0.25, 0.3) is 18.8 Å². The molecule has 12 heteroatoms. The number of alkyl halides is 4. The lowest BCUT2D eigenvalue weighted by molar-refractivity contribution is -0.119. The van der Waals surface area contributed by atoms with Crippen LogP contribution in [0.3, 0.4) is 0 Å². The van der Waals surface area contributed by atoms with Crippen LogP contribution < -0.4 is 5.32 Å². The number of amides is 1. The van der Waals surface area contributed by atoms with E-state index in [4.69, 9.17) is 11.6 Å². The van der Waals surface area contributed by atoms with E-state index in [2.05, 4.69) is 20.5 Å². The Kier molecular flexibility index (Phi) is 6.40. The van der Waals surface area contributed by atoms with Gasteiger partial charge in [0.1, 0.15) is 23.8 Å². The van der Waals surface area contributed by atoms with E-state index in [-0.39, 0.29) is 5.95 Å². The van der Waals surface area contributed by atoms with E-state index >= 15 is 0 Å². The Morgan fingerprint density at radius 3 is 2.50 bits per heavy atom. The minimum absolute atomic E-state index is 0.0635. The van der Waals surface area contributed by atoms with Gasteiger partial charge in [0, 0.05) is 0 Å². The van der Waals surface area contributed by atoms with E-state index < -0.39 is 41.2 Å². The molecular formula is C18H17ClF4N6O. The van der Waals surface area contributed by atoms with E-state index in [1.165, 1.54) is 17.9 Å². The van der Waals surface area contributed by atoms with Crippen LogP contribution in [-0.2, 0) is 11.3 Å². The summed E-state index contributed by atoms with van der Waals surface area (Å²) in [6, 6.07) is 6.29. The van der Waals surface area contributed by atoms with Crippen LogP contribution in [0.1, 0.15) is 48.3 Å². The number of carbonyl (C=O) groups is 1. The Balaban J connectivity index is 1.76. The van der Waals surface area contributed by atoms with Crippen LogP contribution in [0, 0.1) is 6.92 Å². The fourth-order valence-electron chi connectivity index (χ4n) is 2.79. The minimum atomic E-state index is -3.20. The maximum absolute atomic E-state index is 13.3. The molecule has 30 heavy (non-hydrogen) atoms. The van der Waals surface area contributed by atoms with E-state index in [9.17, 15) is 22.4 Å². The highest BCUT2D eigenvalue weighted by Crippen LogP contribution is 2.36. The van der Waals surface area contributed by atoms with Crippen molar-refractivity contribution in [3.63, 3.8) is 0 Å². The summed E-state index contributed by atoms with van der Waals surface area (Å²) in [4.78, 5) is 16.4. The summed E-state index contributed by atoms with van der Waals surface area (Å²) >= 11 is 5.62. The summed E-state index contributed by atoms with van der Waals surface area (Å²) < 4.78 is 54.6. The second-order valence-electron chi connectivity index (χ2n) is 6.49. The first kappa shape index (κ1) is 21.8. The molecule has 0 spiro atoms. The Labute approximate surface area is 173 Å². The summed E-state index contributed by atoms with van der Waals surface area (Å²) in [5.74, 6) is -0.878. The number of halogens is 5. The van der Waals surface area contributed by atoms with E-state index in [1.807, 2.05) is 31.2 Å². The first-order chi connectivity index (χ1) is 14.2. The van der Waals surface area contributed by atoms with Crippen molar-refractivity contribution in [2.75, 3.05) is 5.32 Å². The monoisotopic (exact) mass is 444 g/mol. The Bertz CT molecular complexity index is 1050. The number of carbonyl (C=O) groups excluding carboxylic acids is 1. The molecule has 2 heterocycles. The fourth-order valence-corrected chi connectivity index (χ4v) is 3.08. The Hall–Kier alpha value is -2.95. The van der Waals surface area contributed by atoms with Gasteiger partial charge in [-0.3, -0.25) is 10.1 Å². The molecule has 0 aliphatic rings. The molecule has 1 amide bonds. The molecule has 1 atom stereocenters. The summed E-state index contributed by atoms with van der Waals surface area (Å²) in [5, 5.41) is 9.04. The van der Waals surface area contributed by atoms with Gasteiger partial charge < -0.3 is 0 Å². The second-order valence-corrected chi connectivity index (χ2v) is 6.87. The number of aromatic nitrogens is 5. The lowest BCUT2D eigenvalue weighted by Gasteiger charge is -2.14. The van der Waals surface area contributed by atoms with Crippen LogP contribution in [0.5, 0.6) is 0 Å². The standard InChI is InChI=1S/C18H17ClF4N6O/c1-9-5-3-4-6-11(9)7-28-8-24-18(27-28)25-17(30)10(2)29-14(16(22)23)12(19)13(26-29)15(20)21/h3-6,8,10,15-16H,7H2,1-2H3,(H,25,27,30). The van der Waals surface area contributed by atoms with Crippen molar-refractivity contribution in [1.29, 1.82) is 0 Å². The molecule has 2 aromatic heterocycles. The zero-order valence-corrected chi connectivity index (χ0v) is 16.6. The van der Waals surface area contributed by atoms with Crippen molar-refractivity contribution in [2.24, 2.45) is 0 Å². The van der Waals surface area contributed by atoms with Gasteiger partial charge in [-0.05, 0) is 25.0 Å². The zero-order valence-electron chi connectivity index (χ0n) is 15.9. The largest absolute Gasteiger partial charge is 0.291 e. The maximum atomic E-state index is 13.3. The third-order valence-corrected chi connectivity index (χ3v) is 4.82. The summed E-state index contributed by atoms with van der Waals surface area (Å²) in [6.45, 7) is 3.58. The molecule has 0 aliphatic carbocycles. The van der Waals surface area contributed by atoms with Gasteiger partial charge in [-0.1, -0.05) is 35.9 Å². The number of nitrogens with one attached hydrogen (secondary N) is 1. The fraction of sp³-hybridized carbons (Fsp3) is 0.333. The van der Waals surface area contributed by atoms with Crippen LogP contribution in [0.2, 0.25) is 5.02 Å². The number of hydrogen-bond donors (Lipinski definition) is 1. The van der Waals surface area contributed by atoms with Gasteiger partial charge in [-0.2, -0.15) is 5.10 Å². The number of aryl methyl sites for hydroxylation is 1. The summed E-state index contributed by atoms with van der Waals surface area (Å²) in [6.07, 6.45) is -4.96. The molecule has 160 valence electrons. The SMILES string of the molecule is Cc1ccccc1Cn1cnc(NC(=O)C(C)n2nc(C(F)F)c(Cl)c2C(F)F)n1. The number of hydrogen-bond acceptors (Lipinski definition) is 4. The Morgan fingerprint density at radius 1 is 1.17 bits per heavy atom. The second kappa shape index (κ2) is 8.82. The van der Waals surface area contributed by atoms with E-state index in [0.29, 0.717) is 11.2 Å². The highest BCUT2D eigenvalue weighted by Gasteiger charge is 2.32. The molecule has 0 fully saturated rings. The zero-order chi connectivity index (χ0) is 22.0. The number of nitrogens with zero attached hydrogens (tertiary/aromatic N) is 5. The third kappa shape index (κ3) is 4.45. The van der Waals surface area contributed by atoms with Crippen molar-refractivity contribution in [3.05, 3.63) is 58.1 Å². The lowest BCUT2D eigenvalue weighted by Crippen LogP contribution is -2.26. The van der Waals surface area contributed by atoms with E-state index in [0.717, 1.165) is 11.1 Å².